The molecule has 0 aliphatic carbocycles. The second-order valence-corrected chi connectivity index (χ2v) is 4.64. The van der Waals surface area contributed by atoms with Crippen molar-refractivity contribution in [1.82, 2.24) is 0 Å². The molecular formula is C19H13N. The van der Waals surface area contributed by atoms with Crippen LogP contribution in [0.3, 0.4) is 0 Å². The molecule has 3 rings (SSSR count). The highest BCUT2D eigenvalue weighted by atomic mass is 14.2. The van der Waals surface area contributed by atoms with Crippen molar-refractivity contribution in [2.75, 3.05) is 0 Å². The molecule has 3 aromatic rings. The first-order valence-electron chi connectivity index (χ1n) is 6.53. The summed E-state index contributed by atoms with van der Waals surface area (Å²) < 4.78 is 0. The number of nitrogens with zero attached hydrogens (tertiary/aromatic N) is 1. The summed E-state index contributed by atoms with van der Waals surface area (Å²) in [6.07, 6.45) is 0. The molecule has 0 saturated heterocycles. The maximum atomic E-state index is 8.99. The molecule has 0 atom stereocenters. The van der Waals surface area contributed by atoms with Crippen molar-refractivity contribution in [3.8, 4) is 28.3 Å². The Labute approximate surface area is 118 Å². The molecule has 0 fully saturated rings. The third kappa shape index (κ3) is 2.46. The van der Waals surface area contributed by atoms with Crippen molar-refractivity contribution in [2.24, 2.45) is 0 Å². The molecule has 1 nitrogen and oxygen atoms in total. The predicted octanol–water partition coefficient (Wildman–Crippen LogP) is 4.89. The van der Waals surface area contributed by atoms with Crippen LogP contribution in [0, 0.1) is 11.3 Å². The minimum Gasteiger partial charge on any atom is -0.192 e. The Hall–Kier alpha value is -2.85. The first-order valence-corrected chi connectivity index (χ1v) is 6.53. The fraction of sp³-hybridized carbons (Fsp3) is 0. The summed E-state index contributed by atoms with van der Waals surface area (Å²) in [6.45, 7) is 0. The Bertz CT molecular complexity index is 767. The van der Waals surface area contributed by atoms with Gasteiger partial charge in [-0.1, -0.05) is 60.7 Å². The summed E-state index contributed by atoms with van der Waals surface area (Å²) in [6, 6.07) is 28.6. The normalized spacial score (nSPS) is 9.95. The minimum atomic E-state index is 0.688. The van der Waals surface area contributed by atoms with Crippen LogP contribution in [0.4, 0.5) is 0 Å². The van der Waals surface area contributed by atoms with E-state index in [1.165, 1.54) is 11.1 Å². The van der Waals surface area contributed by atoms with Gasteiger partial charge in [0, 0.05) is 0 Å². The number of hydrogen-bond acceptors (Lipinski definition) is 1. The average Bonchev–Trinajstić information content (AvgIpc) is 2.56. The van der Waals surface area contributed by atoms with E-state index in [4.69, 9.17) is 5.26 Å². The summed E-state index contributed by atoms with van der Waals surface area (Å²) >= 11 is 0. The Morgan fingerprint density at radius 2 is 1.10 bits per heavy atom. The Kier molecular flexibility index (Phi) is 3.31. The monoisotopic (exact) mass is 255 g/mol. The van der Waals surface area contributed by atoms with Crippen molar-refractivity contribution >= 4 is 0 Å². The lowest BCUT2D eigenvalue weighted by Crippen LogP contribution is -1.82. The molecule has 0 unspecified atom stereocenters. The van der Waals surface area contributed by atoms with Gasteiger partial charge in [0.25, 0.3) is 0 Å². The van der Waals surface area contributed by atoms with Crippen molar-refractivity contribution in [3.05, 3.63) is 84.4 Å². The molecule has 0 aliphatic heterocycles. The summed E-state index contributed by atoms with van der Waals surface area (Å²) in [4.78, 5) is 0. The fourth-order valence-electron chi connectivity index (χ4n) is 2.28. The summed E-state index contributed by atoms with van der Waals surface area (Å²) in [5, 5.41) is 8.99. The molecule has 0 radical (unpaired) electrons. The first-order chi connectivity index (χ1) is 9.86. The molecule has 0 amide bonds. The van der Waals surface area contributed by atoms with Crippen molar-refractivity contribution < 1.29 is 0 Å². The molecule has 0 spiro atoms. The van der Waals surface area contributed by atoms with Gasteiger partial charge in [-0.3, -0.25) is 0 Å². The van der Waals surface area contributed by atoms with Crippen LogP contribution in [0.1, 0.15) is 5.56 Å². The molecule has 20 heavy (non-hydrogen) atoms. The van der Waals surface area contributed by atoms with Gasteiger partial charge in [-0.15, -0.1) is 0 Å². The second-order valence-electron chi connectivity index (χ2n) is 4.64. The largest absolute Gasteiger partial charge is 0.192 e. The van der Waals surface area contributed by atoms with E-state index in [9.17, 15) is 0 Å². The Balaban J connectivity index is 2.06. The topological polar surface area (TPSA) is 23.8 Å². The van der Waals surface area contributed by atoms with Gasteiger partial charge in [-0.2, -0.15) is 5.26 Å². The van der Waals surface area contributed by atoms with Crippen LogP contribution in [0.25, 0.3) is 22.3 Å². The Morgan fingerprint density at radius 3 is 1.80 bits per heavy atom. The highest BCUT2D eigenvalue weighted by Gasteiger charge is 2.02. The van der Waals surface area contributed by atoms with Crippen LogP contribution in [-0.2, 0) is 0 Å². The molecule has 0 aliphatic rings. The van der Waals surface area contributed by atoms with Crippen LogP contribution in [-0.4, -0.2) is 0 Å². The lowest BCUT2D eigenvalue weighted by atomic mass is 9.98. The quantitative estimate of drug-likeness (QED) is 0.639. The predicted molar refractivity (Wildman–Crippen MR) is 82.0 cm³/mol. The number of benzene rings is 3. The number of hydrogen-bond donors (Lipinski definition) is 0. The van der Waals surface area contributed by atoms with Gasteiger partial charge in [0.2, 0.25) is 0 Å². The van der Waals surface area contributed by atoms with E-state index in [1.807, 2.05) is 42.5 Å². The molecule has 0 saturated carbocycles. The molecule has 1 heteroatoms. The van der Waals surface area contributed by atoms with E-state index in [0.717, 1.165) is 11.1 Å². The van der Waals surface area contributed by atoms with E-state index in [2.05, 4.69) is 42.5 Å². The maximum absolute atomic E-state index is 8.99. The third-order valence-electron chi connectivity index (χ3n) is 3.29. The van der Waals surface area contributed by atoms with Crippen LogP contribution in [0.2, 0.25) is 0 Å². The zero-order valence-corrected chi connectivity index (χ0v) is 11.0. The van der Waals surface area contributed by atoms with Gasteiger partial charge >= 0.3 is 0 Å². The van der Waals surface area contributed by atoms with Gasteiger partial charge < -0.3 is 0 Å². The molecule has 0 N–H and O–H groups in total. The summed E-state index contributed by atoms with van der Waals surface area (Å²) in [7, 11) is 0. The average molecular weight is 255 g/mol. The minimum absolute atomic E-state index is 0.688. The number of rotatable bonds is 2. The Morgan fingerprint density at radius 1 is 0.550 bits per heavy atom. The molecule has 0 aromatic heterocycles. The fourth-order valence-corrected chi connectivity index (χ4v) is 2.28. The van der Waals surface area contributed by atoms with Gasteiger partial charge in [-0.25, -0.2) is 0 Å². The van der Waals surface area contributed by atoms with E-state index in [1.54, 1.807) is 0 Å². The van der Waals surface area contributed by atoms with Gasteiger partial charge in [0.15, 0.2) is 0 Å². The summed E-state index contributed by atoms with van der Waals surface area (Å²) in [5.41, 5.74) is 5.27. The van der Waals surface area contributed by atoms with E-state index in [0.29, 0.717) is 5.56 Å². The standard InChI is InChI=1S/C19H13N/c20-14-15-6-4-9-17(12-15)19-11-5-10-18(13-19)16-7-2-1-3-8-16/h1-13H. The molecule has 0 bridgehead atoms. The molecule has 94 valence electrons. The maximum Gasteiger partial charge on any atom is 0.0991 e. The third-order valence-corrected chi connectivity index (χ3v) is 3.29. The van der Waals surface area contributed by atoms with E-state index < -0.39 is 0 Å². The van der Waals surface area contributed by atoms with Crippen molar-refractivity contribution in [1.29, 1.82) is 5.26 Å². The number of nitriles is 1. The zero-order valence-electron chi connectivity index (χ0n) is 11.0. The lowest BCUT2D eigenvalue weighted by Gasteiger charge is -2.06. The summed E-state index contributed by atoms with van der Waals surface area (Å²) in [5.74, 6) is 0. The lowest BCUT2D eigenvalue weighted by molar-refractivity contribution is 1.48. The first kappa shape index (κ1) is 12.2. The van der Waals surface area contributed by atoms with Crippen LogP contribution < -0.4 is 0 Å². The highest BCUT2D eigenvalue weighted by Crippen LogP contribution is 2.26. The van der Waals surface area contributed by atoms with Gasteiger partial charge in [0.1, 0.15) is 0 Å². The van der Waals surface area contributed by atoms with E-state index >= 15 is 0 Å². The molecule has 0 heterocycles. The van der Waals surface area contributed by atoms with E-state index in [-0.39, 0.29) is 0 Å². The van der Waals surface area contributed by atoms with Crippen molar-refractivity contribution in [2.45, 2.75) is 0 Å². The van der Waals surface area contributed by atoms with Crippen LogP contribution in [0.5, 0.6) is 0 Å². The van der Waals surface area contributed by atoms with Crippen LogP contribution in [0.15, 0.2) is 78.9 Å². The second kappa shape index (κ2) is 5.42. The van der Waals surface area contributed by atoms with Crippen LogP contribution >= 0.6 is 0 Å². The zero-order chi connectivity index (χ0) is 13.8. The molecule has 3 aromatic carbocycles. The molecular weight excluding hydrogens is 242 g/mol. The van der Waals surface area contributed by atoms with Crippen molar-refractivity contribution in [3.63, 3.8) is 0 Å². The highest BCUT2D eigenvalue weighted by molar-refractivity contribution is 5.73. The SMILES string of the molecule is N#Cc1cccc(-c2cccc(-c3ccccc3)c2)c1. The van der Waals surface area contributed by atoms with Gasteiger partial charge in [0.05, 0.1) is 11.6 Å². The smallest absolute Gasteiger partial charge is 0.0991 e. The van der Waals surface area contributed by atoms with Gasteiger partial charge in [-0.05, 0) is 40.5 Å².